The van der Waals surface area contributed by atoms with Crippen LogP contribution in [0, 0.1) is 5.41 Å². The number of hydrogen-bond donors (Lipinski definition) is 1. The fourth-order valence-corrected chi connectivity index (χ4v) is 2.19. The second-order valence-corrected chi connectivity index (χ2v) is 4.50. The molecule has 0 atom stereocenters. The minimum absolute atomic E-state index is 0.0816. The first-order valence-corrected chi connectivity index (χ1v) is 6.09. The van der Waals surface area contributed by atoms with Gasteiger partial charge in [-0.1, -0.05) is 13.8 Å². The summed E-state index contributed by atoms with van der Waals surface area (Å²) in [5, 5.41) is 0. The molecule has 0 aromatic heterocycles. The van der Waals surface area contributed by atoms with Gasteiger partial charge in [0.25, 0.3) is 0 Å². The lowest BCUT2D eigenvalue weighted by Crippen LogP contribution is -2.40. The van der Waals surface area contributed by atoms with Gasteiger partial charge < -0.3 is 10.5 Å². The molecule has 0 aliphatic heterocycles. The molecular formula is C12H23NO2. The second-order valence-electron chi connectivity index (χ2n) is 4.50. The van der Waals surface area contributed by atoms with E-state index in [4.69, 9.17) is 10.5 Å². The maximum atomic E-state index is 12.0. The van der Waals surface area contributed by atoms with Crippen LogP contribution in [-0.2, 0) is 9.53 Å². The Morgan fingerprint density at radius 3 is 2.27 bits per heavy atom. The van der Waals surface area contributed by atoms with Gasteiger partial charge in [0.2, 0.25) is 0 Å². The van der Waals surface area contributed by atoms with E-state index in [1.54, 1.807) is 0 Å². The number of esters is 1. The zero-order valence-corrected chi connectivity index (χ0v) is 9.92. The minimum atomic E-state index is -0.442. The first kappa shape index (κ1) is 12.5. The van der Waals surface area contributed by atoms with Crippen molar-refractivity contribution in [2.45, 2.75) is 58.5 Å². The van der Waals surface area contributed by atoms with E-state index < -0.39 is 5.41 Å². The maximum Gasteiger partial charge on any atom is 0.313 e. The van der Waals surface area contributed by atoms with Crippen LogP contribution < -0.4 is 5.73 Å². The van der Waals surface area contributed by atoms with Crippen molar-refractivity contribution in [3.8, 4) is 0 Å². The molecule has 3 heteroatoms. The Hall–Kier alpha value is -0.570. The van der Waals surface area contributed by atoms with Crippen LogP contribution >= 0.6 is 0 Å². The van der Waals surface area contributed by atoms with Gasteiger partial charge in [-0.2, -0.15) is 0 Å². The third-order valence-electron chi connectivity index (χ3n) is 3.75. The largest absolute Gasteiger partial charge is 0.462 e. The number of nitrogens with two attached hydrogens (primary N) is 1. The molecule has 0 unspecified atom stereocenters. The third kappa shape index (κ3) is 2.71. The van der Waals surface area contributed by atoms with Gasteiger partial charge in [0.1, 0.15) is 6.10 Å². The molecule has 0 heterocycles. The lowest BCUT2D eigenvalue weighted by Gasteiger charge is -2.29. The standard InChI is InChI=1S/C12H23NO2/c1-3-12(4-2,9-13)11(14)15-10-7-5-6-8-10/h10H,3-9,13H2,1-2H3. The molecule has 1 saturated carbocycles. The number of carbonyl (C=O) groups is 1. The second kappa shape index (κ2) is 5.50. The summed E-state index contributed by atoms with van der Waals surface area (Å²) < 4.78 is 5.53. The Bertz CT molecular complexity index is 197. The van der Waals surface area contributed by atoms with E-state index in [1.807, 2.05) is 13.8 Å². The molecule has 2 N–H and O–H groups in total. The first-order chi connectivity index (χ1) is 7.18. The van der Waals surface area contributed by atoms with Crippen LogP contribution in [0.4, 0.5) is 0 Å². The molecule has 3 nitrogen and oxygen atoms in total. The minimum Gasteiger partial charge on any atom is -0.462 e. The zero-order valence-electron chi connectivity index (χ0n) is 9.92. The van der Waals surface area contributed by atoms with Crippen molar-refractivity contribution in [2.75, 3.05) is 6.54 Å². The predicted molar refractivity (Wildman–Crippen MR) is 60.4 cm³/mol. The molecule has 1 fully saturated rings. The molecule has 0 radical (unpaired) electrons. The summed E-state index contributed by atoms with van der Waals surface area (Å²) in [5.74, 6) is -0.0816. The lowest BCUT2D eigenvalue weighted by molar-refractivity contribution is -0.161. The van der Waals surface area contributed by atoms with Crippen molar-refractivity contribution >= 4 is 5.97 Å². The Labute approximate surface area is 92.4 Å². The third-order valence-corrected chi connectivity index (χ3v) is 3.75. The molecule has 0 bridgehead atoms. The molecule has 88 valence electrons. The van der Waals surface area contributed by atoms with Crippen molar-refractivity contribution in [2.24, 2.45) is 11.1 Å². The fraction of sp³-hybridized carbons (Fsp3) is 0.917. The van der Waals surface area contributed by atoms with E-state index in [9.17, 15) is 4.79 Å². The number of rotatable bonds is 5. The Morgan fingerprint density at radius 2 is 1.87 bits per heavy atom. The van der Waals surface area contributed by atoms with Crippen LogP contribution in [0.2, 0.25) is 0 Å². The van der Waals surface area contributed by atoms with Gasteiger partial charge in [-0.15, -0.1) is 0 Å². The molecule has 0 amide bonds. The molecule has 15 heavy (non-hydrogen) atoms. The number of hydrogen-bond acceptors (Lipinski definition) is 3. The Kier molecular flexibility index (Phi) is 4.58. The summed E-state index contributed by atoms with van der Waals surface area (Å²) in [4.78, 5) is 12.0. The highest BCUT2D eigenvalue weighted by atomic mass is 16.5. The average molecular weight is 213 g/mol. The van der Waals surface area contributed by atoms with Crippen LogP contribution in [0.1, 0.15) is 52.4 Å². The fourth-order valence-electron chi connectivity index (χ4n) is 2.19. The number of ether oxygens (including phenoxy) is 1. The molecule has 1 aliphatic carbocycles. The summed E-state index contributed by atoms with van der Waals surface area (Å²) in [5.41, 5.74) is 5.26. The van der Waals surface area contributed by atoms with Gasteiger partial charge in [0.05, 0.1) is 5.41 Å². The van der Waals surface area contributed by atoms with Crippen molar-refractivity contribution in [1.82, 2.24) is 0 Å². The smallest absolute Gasteiger partial charge is 0.313 e. The van der Waals surface area contributed by atoms with Crippen LogP contribution in [0.3, 0.4) is 0 Å². The van der Waals surface area contributed by atoms with E-state index in [2.05, 4.69) is 0 Å². The summed E-state index contributed by atoms with van der Waals surface area (Å²) in [6, 6.07) is 0. The van der Waals surface area contributed by atoms with Crippen LogP contribution in [0.25, 0.3) is 0 Å². The topological polar surface area (TPSA) is 52.3 Å². The van der Waals surface area contributed by atoms with Crippen molar-refractivity contribution in [3.05, 3.63) is 0 Å². The van der Waals surface area contributed by atoms with E-state index in [1.165, 1.54) is 12.8 Å². The quantitative estimate of drug-likeness (QED) is 0.712. The van der Waals surface area contributed by atoms with Gasteiger partial charge in [-0.25, -0.2) is 0 Å². The monoisotopic (exact) mass is 213 g/mol. The predicted octanol–water partition coefficient (Wildman–Crippen LogP) is 2.24. The maximum absolute atomic E-state index is 12.0. The highest BCUT2D eigenvalue weighted by molar-refractivity contribution is 5.77. The molecular weight excluding hydrogens is 190 g/mol. The molecule has 1 aliphatic rings. The molecule has 0 aromatic carbocycles. The van der Waals surface area contributed by atoms with E-state index in [0.29, 0.717) is 6.54 Å². The van der Waals surface area contributed by atoms with Crippen LogP contribution in [0.15, 0.2) is 0 Å². The highest BCUT2D eigenvalue weighted by Gasteiger charge is 2.36. The van der Waals surface area contributed by atoms with Crippen molar-refractivity contribution in [1.29, 1.82) is 0 Å². The van der Waals surface area contributed by atoms with E-state index in [-0.39, 0.29) is 12.1 Å². The van der Waals surface area contributed by atoms with Crippen molar-refractivity contribution < 1.29 is 9.53 Å². The van der Waals surface area contributed by atoms with Gasteiger partial charge in [-0.05, 0) is 38.5 Å². The van der Waals surface area contributed by atoms with Crippen LogP contribution in [0.5, 0.6) is 0 Å². The summed E-state index contributed by atoms with van der Waals surface area (Å²) >= 11 is 0. The first-order valence-electron chi connectivity index (χ1n) is 6.09. The van der Waals surface area contributed by atoms with E-state index >= 15 is 0 Å². The SMILES string of the molecule is CCC(CC)(CN)C(=O)OC1CCCC1. The van der Waals surface area contributed by atoms with Crippen LogP contribution in [-0.4, -0.2) is 18.6 Å². The van der Waals surface area contributed by atoms with Gasteiger partial charge >= 0.3 is 5.97 Å². The molecule has 0 saturated heterocycles. The summed E-state index contributed by atoms with van der Waals surface area (Å²) in [6.45, 7) is 4.41. The summed E-state index contributed by atoms with van der Waals surface area (Å²) in [7, 11) is 0. The Balaban J connectivity index is 2.55. The van der Waals surface area contributed by atoms with Gasteiger partial charge in [-0.3, -0.25) is 4.79 Å². The molecule has 0 aromatic rings. The zero-order chi connectivity index (χ0) is 11.3. The van der Waals surface area contributed by atoms with Crippen molar-refractivity contribution in [3.63, 3.8) is 0 Å². The summed E-state index contributed by atoms with van der Waals surface area (Å²) in [6.07, 6.45) is 6.12. The van der Waals surface area contributed by atoms with Gasteiger partial charge in [0.15, 0.2) is 0 Å². The molecule has 1 rings (SSSR count). The average Bonchev–Trinajstić information content (AvgIpc) is 2.74. The number of carbonyl (C=O) groups excluding carboxylic acids is 1. The normalized spacial score (nSPS) is 18.1. The lowest BCUT2D eigenvalue weighted by atomic mass is 9.82. The molecule has 0 spiro atoms. The van der Waals surface area contributed by atoms with E-state index in [0.717, 1.165) is 25.7 Å². The Morgan fingerprint density at radius 1 is 1.33 bits per heavy atom. The highest BCUT2D eigenvalue weighted by Crippen LogP contribution is 2.30. The van der Waals surface area contributed by atoms with Gasteiger partial charge in [0, 0.05) is 6.54 Å².